The van der Waals surface area contributed by atoms with E-state index in [-0.39, 0.29) is 5.56 Å². The second-order valence-corrected chi connectivity index (χ2v) is 8.95. The van der Waals surface area contributed by atoms with Gasteiger partial charge in [0.1, 0.15) is 5.69 Å². The number of anilines is 2. The van der Waals surface area contributed by atoms with Crippen molar-refractivity contribution in [2.45, 2.75) is 38.7 Å². The summed E-state index contributed by atoms with van der Waals surface area (Å²) < 4.78 is 32.9. The Balaban J connectivity index is 1.42. The topological polar surface area (TPSA) is 67.4 Å². The second kappa shape index (κ2) is 8.76. The van der Waals surface area contributed by atoms with Crippen LogP contribution in [-0.4, -0.2) is 41.7 Å². The lowest BCUT2D eigenvalue weighted by Gasteiger charge is -2.41. The predicted octanol–water partition coefficient (Wildman–Crippen LogP) is 4.97. The molecular weight excluding hydrogens is 438 g/mol. The first-order valence-corrected chi connectivity index (χ1v) is 11.4. The maximum absolute atomic E-state index is 13.6. The molecule has 1 atom stereocenters. The van der Waals surface area contributed by atoms with Gasteiger partial charge in [-0.05, 0) is 61.2 Å². The van der Waals surface area contributed by atoms with Gasteiger partial charge in [0.15, 0.2) is 0 Å². The summed E-state index contributed by atoms with van der Waals surface area (Å²) in [6.07, 6.45) is 5.08. The van der Waals surface area contributed by atoms with Crippen molar-refractivity contribution < 1.29 is 18.3 Å². The molecule has 1 N–H and O–H groups in total. The van der Waals surface area contributed by atoms with E-state index in [0.29, 0.717) is 18.3 Å². The van der Waals surface area contributed by atoms with Crippen LogP contribution in [0.15, 0.2) is 48.8 Å². The fourth-order valence-electron chi connectivity index (χ4n) is 4.61. The number of rotatable bonds is 4. The minimum atomic E-state index is -3.12. The first-order valence-electron chi connectivity index (χ1n) is 11.4. The largest absolute Gasteiger partial charge is 0.377 e. The molecule has 5 rings (SSSR count). The number of pyridine rings is 2. The molecule has 6 nitrogen and oxygen atoms in total. The molecule has 1 amide bonds. The van der Waals surface area contributed by atoms with E-state index in [2.05, 4.69) is 21.3 Å². The lowest BCUT2D eigenvalue weighted by molar-refractivity contribution is 0.0127. The van der Waals surface area contributed by atoms with Crippen LogP contribution in [0, 0.1) is 6.92 Å². The third-order valence-corrected chi connectivity index (χ3v) is 6.48. The third kappa shape index (κ3) is 4.37. The van der Waals surface area contributed by atoms with Crippen LogP contribution in [0.3, 0.4) is 0 Å². The van der Waals surface area contributed by atoms with Gasteiger partial charge in [0.25, 0.3) is 11.8 Å². The number of morpholine rings is 1. The van der Waals surface area contributed by atoms with Crippen molar-refractivity contribution in [3.05, 3.63) is 71.3 Å². The van der Waals surface area contributed by atoms with Crippen molar-refractivity contribution in [3.63, 3.8) is 0 Å². The molecule has 1 fully saturated rings. The van der Waals surface area contributed by atoms with Gasteiger partial charge in [-0.1, -0.05) is 6.07 Å². The molecule has 34 heavy (non-hydrogen) atoms. The molecule has 2 aromatic heterocycles. The van der Waals surface area contributed by atoms with Crippen LogP contribution in [0.5, 0.6) is 0 Å². The molecule has 0 radical (unpaired) electrons. The van der Waals surface area contributed by atoms with E-state index in [0.717, 1.165) is 67.1 Å². The number of ether oxygens (including phenoxy) is 1. The molecule has 2 aliphatic heterocycles. The van der Waals surface area contributed by atoms with E-state index in [4.69, 9.17) is 9.72 Å². The van der Waals surface area contributed by atoms with Crippen LogP contribution < -0.4 is 10.2 Å². The Morgan fingerprint density at radius 2 is 2.06 bits per heavy atom. The van der Waals surface area contributed by atoms with Gasteiger partial charge in [0, 0.05) is 42.7 Å². The first kappa shape index (κ1) is 22.4. The lowest BCUT2D eigenvalue weighted by Crippen LogP contribution is -2.48. The maximum atomic E-state index is 13.6. The molecule has 3 aromatic rings. The normalized spacial score (nSPS) is 17.6. The number of carbonyl (C=O) groups excluding carboxylic acids is 1. The Kier molecular flexibility index (Phi) is 5.77. The molecule has 0 aliphatic carbocycles. The minimum Gasteiger partial charge on any atom is -0.377 e. The summed E-state index contributed by atoms with van der Waals surface area (Å²) in [6.45, 7) is 5.07. The maximum Gasteiger partial charge on any atom is 0.286 e. The number of hydrogen-bond acceptors (Lipinski definition) is 5. The number of amides is 1. The number of aromatic nitrogens is 2. The van der Waals surface area contributed by atoms with E-state index in [1.807, 2.05) is 25.3 Å². The second-order valence-electron chi connectivity index (χ2n) is 8.95. The van der Waals surface area contributed by atoms with Gasteiger partial charge in [-0.25, -0.2) is 0 Å². The smallest absolute Gasteiger partial charge is 0.286 e. The number of nitrogens with one attached hydrogen (secondary N) is 1. The molecule has 8 heteroatoms. The van der Waals surface area contributed by atoms with Crippen LogP contribution >= 0.6 is 0 Å². The van der Waals surface area contributed by atoms with Crippen LogP contribution in [0.25, 0.3) is 11.1 Å². The van der Waals surface area contributed by atoms with Crippen molar-refractivity contribution in [1.82, 2.24) is 9.97 Å². The summed E-state index contributed by atoms with van der Waals surface area (Å²) in [7, 11) is 0. The number of nitrogens with zero attached hydrogens (tertiary/aromatic N) is 3. The van der Waals surface area contributed by atoms with Gasteiger partial charge in [-0.3, -0.25) is 14.8 Å². The Bertz CT molecular complexity index is 1240. The summed E-state index contributed by atoms with van der Waals surface area (Å²) in [5.74, 6) is -3.59. The van der Waals surface area contributed by atoms with Gasteiger partial charge < -0.3 is 15.0 Å². The van der Waals surface area contributed by atoms with Crippen LogP contribution in [0.2, 0.25) is 0 Å². The van der Waals surface area contributed by atoms with Crippen LogP contribution in [-0.2, 0) is 17.1 Å². The van der Waals surface area contributed by atoms with Gasteiger partial charge >= 0.3 is 0 Å². The first-order chi connectivity index (χ1) is 16.3. The number of fused-ring (bicyclic) bond motifs is 3. The lowest BCUT2D eigenvalue weighted by atomic mass is 9.95. The zero-order valence-corrected chi connectivity index (χ0v) is 19.1. The van der Waals surface area contributed by atoms with E-state index < -0.39 is 17.5 Å². The number of hydrogen-bond donors (Lipinski definition) is 1. The highest BCUT2D eigenvalue weighted by Gasteiger charge is 2.30. The van der Waals surface area contributed by atoms with Crippen molar-refractivity contribution in [2.24, 2.45) is 0 Å². The average Bonchev–Trinajstić information content (AvgIpc) is 2.84. The summed E-state index contributed by atoms with van der Waals surface area (Å²) in [6, 6.07) is 10.7. The van der Waals surface area contributed by atoms with E-state index in [9.17, 15) is 13.6 Å². The zero-order chi connectivity index (χ0) is 23.9. The highest BCUT2D eigenvalue weighted by atomic mass is 19.3. The molecule has 1 saturated heterocycles. The van der Waals surface area contributed by atoms with Crippen LogP contribution in [0.4, 0.5) is 20.2 Å². The standard InChI is InChI=1S/C26H26F2N4O2/c1-16-3-4-19(31-25(33)17-7-8-29-24(12-17)26(2,27)28)13-21(16)18-11-23-22(30-14-18)6-5-20-15-34-10-9-32(20)23/h3-4,7-8,11-14,20H,5-6,9-10,15H2,1-2H3,(H,31,33). The fourth-order valence-corrected chi connectivity index (χ4v) is 4.61. The number of carbonyl (C=O) groups is 1. The molecule has 2 aliphatic rings. The summed E-state index contributed by atoms with van der Waals surface area (Å²) in [5, 5.41) is 2.82. The van der Waals surface area contributed by atoms with Crippen molar-refractivity contribution in [2.75, 3.05) is 30.0 Å². The minimum absolute atomic E-state index is 0.127. The molecule has 176 valence electrons. The third-order valence-electron chi connectivity index (χ3n) is 6.48. The number of benzene rings is 1. The van der Waals surface area contributed by atoms with Crippen molar-refractivity contribution >= 4 is 17.3 Å². The Labute approximate surface area is 197 Å². The summed E-state index contributed by atoms with van der Waals surface area (Å²) >= 11 is 0. The Hall–Kier alpha value is -3.39. The summed E-state index contributed by atoms with van der Waals surface area (Å²) in [4.78, 5) is 23.6. The van der Waals surface area contributed by atoms with Crippen LogP contribution in [0.1, 0.15) is 40.7 Å². The molecule has 0 spiro atoms. The highest BCUT2D eigenvalue weighted by Crippen LogP contribution is 2.36. The molecule has 0 bridgehead atoms. The van der Waals surface area contributed by atoms with Gasteiger partial charge in [-0.15, -0.1) is 0 Å². The predicted molar refractivity (Wildman–Crippen MR) is 126 cm³/mol. The van der Waals surface area contributed by atoms with E-state index in [1.165, 1.54) is 12.3 Å². The van der Waals surface area contributed by atoms with Gasteiger partial charge in [-0.2, -0.15) is 8.78 Å². The fraction of sp³-hybridized carbons (Fsp3) is 0.346. The quantitative estimate of drug-likeness (QED) is 0.591. The molecule has 4 heterocycles. The Morgan fingerprint density at radius 3 is 2.88 bits per heavy atom. The van der Waals surface area contributed by atoms with Crippen molar-refractivity contribution in [1.29, 1.82) is 0 Å². The van der Waals surface area contributed by atoms with E-state index >= 15 is 0 Å². The zero-order valence-electron chi connectivity index (χ0n) is 19.1. The number of aryl methyl sites for hydroxylation is 2. The summed E-state index contributed by atoms with van der Waals surface area (Å²) in [5.41, 5.74) is 5.49. The number of alkyl halides is 2. The Morgan fingerprint density at radius 1 is 1.21 bits per heavy atom. The molecule has 1 unspecified atom stereocenters. The van der Waals surface area contributed by atoms with Gasteiger partial charge in [0.2, 0.25) is 0 Å². The van der Waals surface area contributed by atoms with E-state index in [1.54, 1.807) is 6.07 Å². The van der Waals surface area contributed by atoms with Crippen molar-refractivity contribution in [3.8, 4) is 11.1 Å². The number of halogens is 2. The average molecular weight is 465 g/mol. The molecule has 1 aromatic carbocycles. The highest BCUT2D eigenvalue weighted by molar-refractivity contribution is 6.04. The molecule has 0 saturated carbocycles. The van der Waals surface area contributed by atoms with Gasteiger partial charge in [0.05, 0.1) is 30.6 Å². The molecular formula is C26H26F2N4O2. The SMILES string of the molecule is Cc1ccc(NC(=O)c2ccnc(C(C)(F)F)c2)cc1-c1cnc2c(c1)N1CCOCC1CC2. The monoisotopic (exact) mass is 464 g/mol.